The van der Waals surface area contributed by atoms with Gasteiger partial charge in [-0.15, -0.1) is 0 Å². The van der Waals surface area contributed by atoms with E-state index in [9.17, 15) is 9.59 Å². The van der Waals surface area contributed by atoms with Crippen molar-refractivity contribution in [3.8, 4) is 0 Å². The monoisotopic (exact) mass is 307 g/mol. The normalized spacial score (nSPS) is 11.3. The molecule has 88 valence electrons. The molecule has 0 aliphatic rings. The summed E-state index contributed by atoms with van der Waals surface area (Å²) in [5, 5.41) is -0.0255. The number of hydrogen-bond donors (Lipinski definition) is 1. The Balaban J connectivity index is 3.19. The summed E-state index contributed by atoms with van der Waals surface area (Å²) in [6.45, 7) is 5.14. The van der Waals surface area contributed by atoms with Crippen LogP contribution in [-0.4, -0.2) is 16.6 Å². The maximum absolute atomic E-state index is 11.7. The van der Waals surface area contributed by atoms with E-state index >= 15 is 0 Å². The highest BCUT2D eigenvalue weighted by atomic mass is 79.9. The predicted molar refractivity (Wildman–Crippen MR) is 64.9 cm³/mol. The molecule has 1 N–H and O–H groups in total. The number of aromatic amines is 1. The number of nitrogens with one attached hydrogen (secondary N) is 1. The molecular weight excluding hydrogens is 297 g/mol. The molecule has 0 aliphatic heterocycles. The molecule has 0 bridgehead atoms. The summed E-state index contributed by atoms with van der Waals surface area (Å²) in [4.78, 5) is 26.0. The summed E-state index contributed by atoms with van der Waals surface area (Å²) >= 11 is 8.77. The Labute approximate surface area is 106 Å². The SMILES string of the molecule is CC(C)(C)OC(=O)c1c(Cl)[nH]cc(Br)c1=O. The summed E-state index contributed by atoms with van der Waals surface area (Å²) < 4.78 is 5.31. The van der Waals surface area contributed by atoms with Gasteiger partial charge in [0, 0.05) is 6.20 Å². The van der Waals surface area contributed by atoms with Gasteiger partial charge >= 0.3 is 5.97 Å². The van der Waals surface area contributed by atoms with Crippen molar-refractivity contribution in [1.82, 2.24) is 4.98 Å². The molecule has 6 heteroatoms. The van der Waals surface area contributed by atoms with Gasteiger partial charge in [0.2, 0.25) is 5.43 Å². The van der Waals surface area contributed by atoms with Crippen molar-refractivity contribution < 1.29 is 9.53 Å². The van der Waals surface area contributed by atoms with E-state index in [2.05, 4.69) is 20.9 Å². The van der Waals surface area contributed by atoms with E-state index < -0.39 is 17.0 Å². The fourth-order valence-electron chi connectivity index (χ4n) is 0.995. The van der Waals surface area contributed by atoms with Crippen LogP contribution in [0.3, 0.4) is 0 Å². The van der Waals surface area contributed by atoms with Gasteiger partial charge in [0.05, 0.1) is 4.47 Å². The number of pyridine rings is 1. The van der Waals surface area contributed by atoms with Crippen LogP contribution in [0.4, 0.5) is 0 Å². The maximum atomic E-state index is 11.7. The lowest BCUT2D eigenvalue weighted by Crippen LogP contribution is -2.28. The first-order chi connectivity index (χ1) is 7.22. The predicted octanol–water partition coefficient (Wildman–Crippen LogP) is 2.75. The summed E-state index contributed by atoms with van der Waals surface area (Å²) in [5.74, 6) is -0.736. The highest BCUT2D eigenvalue weighted by molar-refractivity contribution is 9.10. The smallest absolute Gasteiger partial charge is 0.345 e. The number of aromatic nitrogens is 1. The van der Waals surface area contributed by atoms with Crippen molar-refractivity contribution in [1.29, 1.82) is 0 Å². The maximum Gasteiger partial charge on any atom is 0.345 e. The minimum Gasteiger partial charge on any atom is -0.456 e. The van der Waals surface area contributed by atoms with Crippen LogP contribution in [0.1, 0.15) is 31.1 Å². The van der Waals surface area contributed by atoms with Crippen LogP contribution in [0.15, 0.2) is 15.5 Å². The molecule has 0 saturated carbocycles. The number of esters is 1. The Hall–Kier alpha value is -0.810. The van der Waals surface area contributed by atoms with Gasteiger partial charge in [-0.2, -0.15) is 0 Å². The van der Waals surface area contributed by atoms with Gasteiger partial charge in [0.25, 0.3) is 0 Å². The van der Waals surface area contributed by atoms with Crippen molar-refractivity contribution in [3.63, 3.8) is 0 Å². The lowest BCUT2D eigenvalue weighted by molar-refractivity contribution is 0.00678. The molecule has 0 aliphatic carbocycles. The molecule has 1 aromatic heterocycles. The van der Waals surface area contributed by atoms with E-state index in [1.807, 2.05) is 0 Å². The molecule has 0 radical (unpaired) electrons. The van der Waals surface area contributed by atoms with Crippen molar-refractivity contribution in [2.24, 2.45) is 0 Å². The second-order valence-corrected chi connectivity index (χ2v) is 5.39. The third-order valence-electron chi connectivity index (χ3n) is 1.59. The van der Waals surface area contributed by atoms with Crippen LogP contribution in [-0.2, 0) is 4.74 Å². The van der Waals surface area contributed by atoms with Crippen molar-refractivity contribution >= 4 is 33.5 Å². The molecule has 1 heterocycles. The molecule has 0 spiro atoms. The van der Waals surface area contributed by atoms with Gasteiger partial charge < -0.3 is 9.72 Å². The fourth-order valence-corrected chi connectivity index (χ4v) is 1.53. The topological polar surface area (TPSA) is 59.2 Å². The second kappa shape index (κ2) is 4.59. The molecule has 0 amide bonds. The highest BCUT2D eigenvalue weighted by Gasteiger charge is 2.23. The first-order valence-corrected chi connectivity index (χ1v) is 5.69. The van der Waals surface area contributed by atoms with E-state index in [0.717, 1.165) is 0 Å². The number of carbonyl (C=O) groups excluding carboxylic acids is 1. The van der Waals surface area contributed by atoms with Crippen LogP contribution in [0, 0.1) is 0 Å². The van der Waals surface area contributed by atoms with E-state index in [0.29, 0.717) is 0 Å². The van der Waals surface area contributed by atoms with Crippen LogP contribution in [0.25, 0.3) is 0 Å². The van der Waals surface area contributed by atoms with E-state index in [4.69, 9.17) is 16.3 Å². The van der Waals surface area contributed by atoms with Gasteiger partial charge in [0.15, 0.2) is 0 Å². The quantitative estimate of drug-likeness (QED) is 0.641. The number of rotatable bonds is 1. The second-order valence-electron chi connectivity index (χ2n) is 4.16. The van der Waals surface area contributed by atoms with E-state index in [1.165, 1.54) is 6.20 Å². The van der Waals surface area contributed by atoms with E-state index in [-0.39, 0.29) is 15.2 Å². The van der Waals surface area contributed by atoms with Gasteiger partial charge in [-0.3, -0.25) is 4.79 Å². The zero-order valence-corrected chi connectivity index (χ0v) is 11.4. The van der Waals surface area contributed by atoms with Crippen molar-refractivity contribution in [2.45, 2.75) is 26.4 Å². The first kappa shape index (κ1) is 13.3. The Morgan fingerprint density at radius 2 is 2.06 bits per heavy atom. The fraction of sp³-hybridized carbons (Fsp3) is 0.400. The van der Waals surface area contributed by atoms with Crippen LogP contribution >= 0.6 is 27.5 Å². The van der Waals surface area contributed by atoms with Crippen molar-refractivity contribution in [3.05, 3.63) is 31.6 Å². The lowest BCUT2D eigenvalue weighted by Gasteiger charge is -2.19. The molecule has 1 aromatic rings. The van der Waals surface area contributed by atoms with Gasteiger partial charge in [-0.05, 0) is 36.7 Å². The molecule has 4 nitrogen and oxygen atoms in total. The highest BCUT2D eigenvalue weighted by Crippen LogP contribution is 2.16. The van der Waals surface area contributed by atoms with Gasteiger partial charge in [-0.1, -0.05) is 11.6 Å². The Kier molecular flexibility index (Phi) is 3.80. The zero-order valence-electron chi connectivity index (χ0n) is 9.06. The zero-order chi connectivity index (χ0) is 12.5. The Morgan fingerprint density at radius 1 is 1.50 bits per heavy atom. The molecule has 0 unspecified atom stereocenters. The van der Waals surface area contributed by atoms with Crippen molar-refractivity contribution in [2.75, 3.05) is 0 Å². The third-order valence-corrected chi connectivity index (χ3v) is 2.48. The lowest BCUT2D eigenvalue weighted by atomic mass is 10.2. The third kappa shape index (κ3) is 3.09. The van der Waals surface area contributed by atoms with Crippen LogP contribution in [0.2, 0.25) is 5.15 Å². The molecule has 0 fully saturated rings. The number of ether oxygens (including phenoxy) is 1. The number of H-pyrrole nitrogens is 1. The number of hydrogen-bond acceptors (Lipinski definition) is 3. The molecule has 0 aromatic carbocycles. The largest absolute Gasteiger partial charge is 0.456 e. The minimum absolute atomic E-state index is 0.0255. The van der Waals surface area contributed by atoms with E-state index in [1.54, 1.807) is 20.8 Å². The molecule has 16 heavy (non-hydrogen) atoms. The summed E-state index contributed by atoms with van der Waals surface area (Å²) in [7, 11) is 0. The standard InChI is InChI=1S/C10H11BrClNO3/c1-10(2,3)16-9(15)6-7(14)5(11)4-13-8(6)12/h4H,1-3H3,(H,13,14). The summed E-state index contributed by atoms with van der Waals surface area (Å²) in [5.41, 5.74) is -1.35. The van der Waals surface area contributed by atoms with Crippen LogP contribution < -0.4 is 5.43 Å². The average molecular weight is 309 g/mol. The molecule has 0 saturated heterocycles. The number of carbonyl (C=O) groups is 1. The number of halogens is 2. The Morgan fingerprint density at radius 3 is 2.56 bits per heavy atom. The summed E-state index contributed by atoms with van der Waals surface area (Å²) in [6.07, 6.45) is 1.37. The molecular formula is C10H11BrClNO3. The minimum atomic E-state index is -0.736. The van der Waals surface area contributed by atoms with Crippen LogP contribution in [0.5, 0.6) is 0 Å². The molecule has 0 atom stereocenters. The van der Waals surface area contributed by atoms with Gasteiger partial charge in [-0.25, -0.2) is 4.79 Å². The first-order valence-electron chi connectivity index (χ1n) is 4.52. The molecule has 1 rings (SSSR count). The van der Waals surface area contributed by atoms with Gasteiger partial charge in [0.1, 0.15) is 16.3 Å². The Bertz CT molecular complexity index is 476. The summed E-state index contributed by atoms with van der Waals surface area (Å²) in [6, 6.07) is 0. The average Bonchev–Trinajstić information content (AvgIpc) is 2.09.